The van der Waals surface area contributed by atoms with Crippen molar-refractivity contribution in [1.82, 2.24) is 5.32 Å². The fourth-order valence-electron chi connectivity index (χ4n) is 3.49. The lowest BCUT2D eigenvalue weighted by Gasteiger charge is -2.32. The van der Waals surface area contributed by atoms with Crippen LogP contribution in [-0.4, -0.2) is 18.4 Å². The topological polar surface area (TPSA) is 55.4 Å². The van der Waals surface area contributed by atoms with Crippen molar-refractivity contribution in [2.45, 2.75) is 25.2 Å². The molecule has 6 heteroatoms. The van der Waals surface area contributed by atoms with Gasteiger partial charge in [0.2, 0.25) is 0 Å². The van der Waals surface area contributed by atoms with Crippen molar-refractivity contribution in [3.8, 4) is 0 Å². The fraction of sp³-hybridized carbons (Fsp3) is 0.294. The molecule has 0 amide bonds. The Bertz CT molecular complexity index is 812. The number of nitrogens with one attached hydrogen (secondary N) is 1. The molecule has 0 radical (unpaired) electrons. The lowest BCUT2D eigenvalue weighted by Crippen LogP contribution is -2.32. The molecule has 4 rings (SSSR count). The molecule has 0 bridgehead atoms. The van der Waals surface area contributed by atoms with Crippen LogP contribution in [0.2, 0.25) is 0 Å². The van der Waals surface area contributed by atoms with Crippen LogP contribution in [0.1, 0.15) is 30.7 Å². The predicted molar refractivity (Wildman–Crippen MR) is 88.9 cm³/mol. The third-order valence-electron chi connectivity index (χ3n) is 4.50. The first-order chi connectivity index (χ1) is 11.1. The molecule has 1 aliphatic carbocycles. The number of esters is 1. The molecule has 0 saturated heterocycles. The maximum absolute atomic E-state index is 13.6. The van der Waals surface area contributed by atoms with Gasteiger partial charge in [0.15, 0.2) is 5.78 Å². The number of carbonyl (C=O) groups excluding carboxylic acids is 2. The number of hydrogen-bond acceptors (Lipinski definition) is 4. The summed E-state index contributed by atoms with van der Waals surface area (Å²) in [5, 5.41) is 3.22. The van der Waals surface area contributed by atoms with E-state index in [9.17, 15) is 14.0 Å². The highest BCUT2D eigenvalue weighted by Gasteiger charge is 2.42. The van der Waals surface area contributed by atoms with Gasteiger partial charge in [-0.2, -0.15) is 0 Å². The summed E-state index contributed by atoms with van der Waals surface area (Å²) >= 11 is 1.92. The molecular formula is C17H13FINO3. The van der Waals surface area contributed by atoms with Crippen LogP contribution in [0.15, 0.2) is 40.7 Å². The summed E-state index contributed by atoms with van der Waals surface area (Å²) in [6.07, 6.45) is 2.06. The Morgan fingerprint density at radius 2 is 2.00 bits per heavy atom. The Morgan fingerprint density at radius 3 is 2.78 bits per heavy atom. The minimum atomic E-state index is -0.460. The molecule has 2 aliphatic heterocycles. The van der Waals surface area contributed by atoms with E-state index in [1.165, 1.54) is 6.07 Å². The maximum Gasteiger partial charge on any atom is 0.337 e. The van der Waals surface area contributed by atoms with E-state index in [4.69, 9.17) is 4.74 Å². The first-order valence-corrected chi connectivity index (χ1v) is 8.52. The van der Waals surface area contributed by atoms with Gasteiger partial charge in [-0.05, 0) is 53.1 Å². The van der Waals surface area contributed by atoms with Gasteiger partial charge in [0.25, 0.3) is 0 Å². The van der Waals surface area contributed by atoms with Crippen molar-refractivity contribution in [2.24, 2.45) is 0 Å². The highest BCUT2D eigenvalue weighted by molar-refractivity contribution is 14.1. The van der Waals surface area contributed by atoms with Crippen LogP contribution in [0.5, 0.6) is 0 Å². The molecule has 2 heterocycles. The van der Waals surface area contributed by atoms with E-state index >= 15 is 0 Å². The third-order valence-corrected chi connectivity index (χ3v) is 5.33. The molecule has 0 aromatic heterocycles. The quantitative estimate of drug-likeness (QED) is 0.556. The van der Waals surface area contributed by atoms with Crippen molar-refractivity contribution >= 4 is 34.3 Å². The molecule has 0 saturated carbocycles. The second kappa shape index (κ2) is 5.43. The van der Waals surface area contributed by atoms with Gasteiger partial charge in [0, 0.05) is 27.2 Å². The Kier molecular flexibility index (Phi) is 3.51. The van der Waals surface area contributed by atoms with Crippen LogP contribution in [-0.2, 0) is 14.3 Å². The van der Waals surface area contributed by atoms with E-state index in [0.29, 0.717) is 21.1 Å². The number of cyclic esters (lactones) is 1. The number of ether oxygens (including phenoxy) is 1. The zero-order chi connectivity index (χ0) is 16.1. The number of rotatable bonds is 1. The number of halogens is 2. The molecule has 1 aromatic carbocycles. The summed E-state index contributed by atoms with van der Waals surface area (Å²) in [5.41, 5.74) is 3.49. The molecule has 0 spiro atoms. The van der Waals surface area contributed by atoms with Gasteiger partial charge < -0.3 is 10.1 Å². The van der Waals surface area contributed by atoms with Crippen LogP contribution in [0.25, 0.3) is 0 Å². The number of allylic oxidation sites excluding steroid dienone is 2. The van der Waals surface area contributed by atoms with Crippen LogP contribution in [0.4, 0.5) is 4.39 Å². The van der Waals surface area contributed by atoms with E-state index in [-0.39, 0.29) is 18.2 Å². The molecule has 118 valence electrons. The Morgan fingerprint density at radius 1 is 1.17 bits per heavy atom. The van der Waals surface area contributed by atoms with Gasteiger partial charge in [-0.1, -0.05) is 6.07 Å². The highest BCUT2D eigenvalue weighted by atomic mass is 127. The summed E-state index contributed by atoms with van der Waals surface area (Å²) in [6, 6.07) is 4.73. The fourth-order valence-corrected chi connectivity index (χ4v) is 4.03. The van der Waals surface area contributed by atoms with E-state index < -0.39 is 11.9 Å². The normalized spacial score (nSPS) is 23.5. The van der Waals surface area contributed by atoms with Crippen molar-refractivity contribution in [2.75, 3.05) is 6.61 Å². The van der Waals surface area contributed by atoms with Crippen molar-refractivity contribution in [1.29, 1.82) is 0 Å². The average molecular weight is 425 g/mol. The lowest BCUT2D eigenvalue weighted by atomic mass is 9.75. The Labute approximate surface area is 145 Å². The molecule has 1 atom stereocenters. The number of dihydropyridines is 1. The highest BCUT2D eigenvalue weighted by Crippen LogP contribution is 2.44. The summed E-state index contributed by atoms with van der Waals surface area (Å²) < 4.78 is 19.2. The van der Waals surface area contributed by atoms with Gasteiger partial charge >= 0.3 is 5.97 Å². The van der Waals surface area contributed by atoms with Crippen molar-refractivity contribution < 1.29 is 18.7 Å². The van der Waals surface area contributed by atoms with E-state index in [1.807, 2.05) is 22.6 Å². The number of benzene rings is 1. The SMILES string of the molecule is O=C1CCCC2=C1[C@@H](c1ccc(F)c(I)c1)C1=C(COC1=O)N2. The van der Waals surface area contributed by atoms with Gasteiger partial charge in [-0.25, -0.2) is 9.18 Å². The molecule has 1 aromatic rings. The lowest BCUT2D eigenvalue weighted by molar-refractivity contribution is -0.136. The number of Topliss-reactive ketones (excluding diaryl/α,β-unsaturated/α-hetero) is 1. The summed E-state index contributed by atoms with van der Waals surface area (Å²) in [4.78, 5) is 24.7. The largest absolute Gasteiger partial charge is 0.456 e. The van der Waals surface area contributed by atoms with Crippen LogP contribution in [0.3, 0.4) is 0 Å². The minimum absolute atomic E-state index is 0.0503. The van der Waals surface area contributed by atoms with Gasteiger partial charge in [0.05, 0.1) is 11.3 Å². The summed E-state index contributed by atoms with van der Waals surface area (Å²) in [7, 11) is 0. The van der Waals surface area contributed by atoms with E-state index in [2.05, 4.69) is 5.32 Å². The standard InChI is InChI=1S/C17H13FINO3/c18-9-5-4-8(6-10(9)19)14-15-11(2-1-3-13(15)21)20-12-7-23-17(22)16(12)14/h4-6,14,20H,1-3,7H2/t14-/m1/s1. The summed E-state index contributed by atoms with van der Waals surface area (Å²) in [6.45, 7) is 0.202. The third kappa shape index (κ3) is 2.31. The zero-order valence-electron chi connectivity index (χ0n) is 12.1. The van der Waals surface area contributed by atoms with E-state index in [1.54, 1.807) is 12.1 Å². The van der Waals surface area contributed by atoms with Gasteiger partial charge in [-0.15, -0.1) is 0 Å². The summed E-state index contributed by atoms with van der Waals surface area (Å²) in [5.74, 6) is -1.12. The maximum atomic E-state index is 13.6. The van der Waals surface area contributed by atoms with Crippen LogP contribution in [0, 0.1) is 9.39 Å². The molecule has 3 aliphatic rings. The van der Waals surface area contributed by atoms with Crippen molar-refractivity contribution in [3.63, 3.8) is 0 Å². The number of hydrogen-bond donors (Lipinski definition) is 1. The Balaban J connectivity index is 1.91. The molecule has 0 unspecified atom stereocenters. The van der Waals surface area contributed by atoms with E-state index in [0.717, 1.165) is 29.8 Å². The van der Waals surface area contributed by atoms with Gasteiger partial charge in [-0.3, -0.25) is 4.79 Å². The molecular weight excluding hydrogens is 412 g/mol. The molecule has 23 heavy (non-hydrogen) atoms. The van der Waals surface area contributed by atoms with Gasteiger partial charge in [0.1, 0.15) is 12.4 Å². The first-order valence-electron chi connectivity index (χ1n) is 7.44. The smallest absolute Gasteiger partial charge is 0.337 e. The van der Waals surface area contributed by atoms with Crippen molar-refractivity contribution in [3.05, 3.63) is 55.7 Å². The van der Waals surface area contributed by atoms with Crippen LogP contribution >= 0.6 is 22.6 Å². The van der Waals surface area contributed by atoms with Crippen LogP contribution < -0.4 is 5.32 Å². The number of ketones is 1. The Hall–Kier alpha value is -1.70. The first kappa shape index (κ1) is 14.9. The minimum Gasteiger partial charge on any atom is -0.456 e. The molecule has 4 nitrogen and oxygen atoms in total. The second-order valence-corrected chi connectivity index (χ2v) is 7.03. The predicted octanol–water partition coefficient (Wildman–Crippen LogP) is 2.94. The monoisotopic (exact) mass is 425 g/mol. The second-order valence-electron chi connectivity index (χ2n) is 5.87. The molecule has 0 fully saturated rings. The zero-order valence-corrected chi connectivity index (χ0v) is 14.3. The average Bonchev–Trinajstić information content (AvgIpc) is 2.90. The molecule has 1 N–H and O–H groups in total. The number of carbonyl (C=O) groups is 2.